The molecule has 0 atom stereocenters. The van der Waals surface area contributed by atoms with Crippen molar-refractivity contribution in [2.45, 2.75) is 43.9 Å². The number of ketones is 1. The van der Waals surface area contributed by atoms with Crippen LogP contribution in [0.4, 0.5) is 13.2 Å². The number of nitrogens with zero attached hydrogens (tertiary/aromatic N) is 2. The molecule has 2 heterocycles. The zero-order chi connectivity index (χ0) is 17.5. The van der Waals surface area contributed by atoms with Crippen LogP contribution in [0.5, 0.6) is 0 Å². The summed E-state index contributed by atoms with van der Waals surface area (Å²) in [6.07, 6.45) is -1.30. The van der Waals surface area contributed by atoms with E-state index in [1.54, 1.807) is 0 Å². The van der Waals surface area contributed by atoms with Gasteiger partial charge in [-0.05, 0) is 44.9 Å². The van der Waals surface area contributed by atoms with Crippen LogP contribution in [0.1, 0.15) is 46.2 Å². The van der Waals surface area contributed by atoms with E-state index in [1.165, 1.54) is 6.07 Å². The first-order valence-corrected chi connectivity index (χ1v) is 8.63. The Kier molecular flexibility index (Phi) is 4.46. The van der Waals surface area contributed by atoms with E-state index in [2.05, 4.69) is 9.55 Å². The second-order valence-corrected chi connectivity index (χ2v) is 6.98. The fourth-order valence-corrected chi connectivity index (χ4v) is 3.53. The molecule has 0 N–H and O–H groups in total. The third kappa shape index (κ3) is 3.50. The second kappa shape index (κ2) is 6.27. The number of Topliss-reactive ketones (excluding diaryl/α,β-unsaturated/α-hetero) is 1. The van der Waals surface area contributed by atoms with Gasteiger partial charge in [-0.15, -0.1) is 0 Å². The van der Waals surface area contributed by atoms with Crippen molar-refractivity contribution < 1.29 is 18.0 Å². The molecule has 2 aromatic rings. The van der Waals surface area contributed by atoms with Gasteiger partial charge in [0.2, 0.25) is 0 Å². The predicted molar refractivity (Wildman–Crippen MR) is 86.5 cm³/mol. The van der Waals surface area contributed by atoms with E-state index in [-0.39, 0.29) is 11.5 Å². The Balaban J connectivity index is 1.67. The first-order chi connectivity index (χ1) is 11.3. The number of alkyl halides is 3. The summed E-state index contributed by atoms with van der Waals surface area (Å²) in [7, 11) is 0. The van der Waals surface area contributed by atoms with Crippen LogP contribution in [0.2, 0.25) is 0 Å². The average Bonchev–Trinajstić information content (AvgIpc) is 3.30. The van der Waals surface area contributed by atoms with E-state index < -0.39 is 11.7 Å². The van der Waals surface area contributed by atoms with Crippen molar-refractivity contribution in [1.29, 1.82) is 0 Å². The lowest BCUT2D eigenvalue weighted by atomic mass is 10.2. The van der Waals surface area contributed by atoms with Crippen molar-refractivity contribution in [3.63, 3.8) is 0 Å². The highest BCUT2D eigenvalue weighted by molar-refractivity contribution is 7.99. The number of rotatable bonds is 5. The Morgan fingerprint density at radius 1 is 1.33 bits per heavy atom. The topological polar surface area (TPSA) is 34.9 Å². The summed E-state index contributed by atoms with van der Waals surface area (Å²) < 4.78 is 39.7. The fraction of sp³-hybridized carbons (Fsp3) is 0.412. The van der Waals surface area contributed by atoms with Gasteiger partial charge in [-0.3, -0.25) is 4.79 Å². The minimum atomic E-state index is -4.40. The Morgan fingerprint density at radius 3 is 2.58 bits per heavy atom. The number of carbonyl (C=O) groups excluding carboxylic acids is 1. The normalized spacial score (nSPS) is 14.9. The first kappa shape index (κ1) is 17.1. The molecule has 3 rings (SSSR count). The molecule has 0 aliphatic heterocycles. The van der Waals surface area contributed by atoms with E-state index >= 15 is 0 Å². The molecular weight excluding hydrogens is 337 g/mol. The summed E-state index contributed by atoms with van der Waals surface area (Å²) in [6, 6.07) is 4.69. The van der Waals surface area contributed by atoms with Crippen molar-refractivity contribution in [3.05, 3.63) is 46.9 Å². The maximum Gasteiger partial charge on any atom is 0.417 e. The van der Waals surface area contributed by atoms with Crippen molar-refractivity contribution in [3.8, 4) is 0 Å². The first-order valence-electron chi connectivity index (χ1n) is 7.65. The van der Waals surface area contributed by atoms with Crippen LogP contribution in [0.15, 0.2) is 29.4 Å². The van der Waals surface area contributed by atoms with E-state index in [4.69, 9.17) is 0 Å². The zero-order valence-corrected chi connectivity index (χ0v) is 14.2. The molecule has 24 heavy (non-hydrogen) atoms. The van der Waals surface area contributed by atoms with Crippen molar-refractivity contribution in [2.24, 2.45) is 0 Å². The molecule has 0 spiro atoms. The summed E-state index contributed by atoms with van der Waals surface area (Å²) in [5, 5.41) is 0.410. The SMILES string of the molecule is Cc1cc(C(=O)CSc2ccc(C(F)(F)F)cn2)c(C)n1C1CC1. The van der Waals surface area contributed by atoms with Gasteiger partial charge in [0.05, 0.1) is 16.3 Å². The van der Waals surface area contributed by atoms with Crippen molar-refractivity contribution >= 4 is 17.5 Å². The highest BCUT2D eigenvalue weighted by Gasteiger charge is 2.31. The van der Waals surface area contributed by atoms with Crippen LogP contribution < -0.4 is 0 Å². The van der Waals surface area contributed by atoms with Crippen LogP contribution in [0.3, 0.4) is 0 Å². The molecule has 0 saturated heterocycles. The standard InChI is InChI=1S/C17H17F3N2OS/c1-10-7-14(11(2)22(10)13-4-5-13)15(23)9-24-16-6-3-12(8-21-16)17(18,19)20/h3,6-8,13H,4-5,9H2,1-2H3. The highest BCUT2D eigenvalue weighted by Crippen LogP contribution is 2.38. The number of hydrogen-bond acceptors (Lipinski definition) is 3. The molecule has 0 bridgehead atoms. The van der Waals surface area contributed by atoms with Gasteiger partial charge in [-0.2, -0.15) is 13.2 Å². The fourth-order valence-electron chi connectivity index (χ4n) is 2.80. The molecule has 0 unspecified atom stereocenters. The molecule has 1 aliphatic rings. The smallest absolute Gasteiger partial charge is 0.345 e. The summed E-state index contributed by atoms with van der Waals surface area (Å²) in [5.41, 5.74) is 1.96. The number of thioether (sulfide) groups is 1. The second-order valence-electron chi connectivity index (χ2n) is 5.98. The van der Waals surface area contributed by atoms with Crippen LogP contribution in [0.25, 0.3) is 0 Å². The maximum atomic E-state index is 12.5. The molecule has 7 heteroatoms. The lowest BCUT2D eigenvalue weighted by Crippen LogP contribution is -2.07. The minimum absolute atomic E-state index is 0.0262. The van der Waals surface area contributed by atoms with E-state index in [9.17, 15) is 18.0 Å². The Hall–Kier alpha value is -1.76. The third-order valence-corrected chi connectivity index (χ3v) is 5.06. The lowest BCUT2D eigenvalue weighted by Gasteiger charge is -2.08. The Bertz CT molecular complexity index is 761. The van der Waals surface area contributed by atoms with E-state index in [0.717, 1.165) is 48.3 Å². The highest BCUT2D eigenvalue weighted by atomic mass is 32.2. The molecule has 0 aromatic carbocycles. The number of aryl methyl sites for hydroxylation is 1. The van der Waals surface area contributed by atoms with E-state index in [1.807, 2.05) is 19.9 Å². The van der Waals surface area contributed by atoms with Crippen LogP contribution >= 0.6 is 11.8 Å². The summed E-state index contributed by atoms with van der Waals surface area (Å²) in [6.45, 7) is 3.94. The zero-order valence-electron chi connectivity index (χ0n) is 13.4. The van der Waals surface area contributed by atoms with Gasteiger partial charge in [-0.25, -0.2) is 4.98 Å². The molecule has 1 fully saturated rings. The molecule has 1 saturated carbocycles. The molecular formula is C17H17F3N2OS. The predicted octanol–water partition coefficient (Wildman–Crippen LogP) is 4.83. The number of pyridine rings is 1. The van der Waals surface area contributed by atoms with Gasteiger partial charge >= 0.3 is 6.18 Å². The van der Waals surface area contributed by atoms with Gasteiger partial charge in [0.25, 0.3) is 0 Å². The largest absolute Gasteiger partial charge is 0.417 e. The minimum Gasteiger partial charge on any atom is -0.345 e. The van der Waals surface area contributed by atoms with Crippen LogP contribution in [-0.2, 0) is 6.18 Å². The van der Waals surface area contributed by atoms with Gasteiger partial charge in [-0.1, -0.05) is 11.8 Å². The average molecular weight is 354 g/mol. The maximum absolute atomic E-state index is 12.5. The van der Waals surface area contributed by atoms with Gasteiger partial charge < -0.3 is 4.57 Å². The van der Waals surface area contributed by atoms with Gasteiger partial charge in [0, 0.05) is 29.2 Å². The third-order valence-electron chi connectivity index (χ3n) is 4.11. The summed E-state index contributed by atoms with van der Waals surface area (Å²) >= 11 is 1.15. The number of hydrogen-bond donors (Lipinski definition) is 0. The van der Waals surface area contributed by atoms with Gasteiger partial charge in [0.1, 0.15) is 0 Å². The van der Waals surface area contributed by atoms with E-state index in [0.29, 0.717) is 16.6 Å². The quantitative estimate of drug-likeness (QED) is 0.570. The summed E-state index contributed by atoms with van der Waals surface area (Å²) in [4.78, 5) is 16.2. The number of aromatic nitrogens is 2. The summed E-state index contributed by atoms with van der Waals surface area (Å²) in [5.74, 6) is 0.134. The van der Waals surface area contributed by atoms with Crippen molar-refractivity contribution in [1.82, 2.24) is 9.55 Å². The molecule has 2 aromatic heterocycles. The molecule has 1 aliphatic carbocycles. The van der Waals surface area contributed by atoms with Gasteiger partial charge in [0.15, 0.2) is 5.78 Å². The monoisotopic (exact) mass is 354 g/mol. The van der Waals surface area contributed by atoms with Crippen LogP contribution in [-0.4, -0.2) is 21.1 Å². The number of carbonyl (C=O) groups is 1. The lowest BCUT2D eigenvalue weighted by molar-refractivity contribution is -0.137. The Labute approximate surface area is 142 Å². The Morgan fingerprint density at radius 2 is 2.04 bits per heavy atom. The molecule has 0 radical (unpaired) electrons. The van der Waals surface area contributed by atoms with Crippen LogP contribution in [0, 0.1) is 13.8 Å². The molecule has 3 nitrogen and oxygen atoms in total. The van der Waals surface area contributed by atoms with Crippen molar-refractivity contribution in [2.75, 3.05) is 5.75 Å². The molecule has 0 amide bonds. The number of halogens is 3. The molecule has 128 valence electrons.